The van der Waals surface area contributed by atoms with E-state index in [2.05, 4.69) is 12.2 Å². The normalized spacial score (nSPS) is 29.6. The van der Waals surface area contributed by atoms with Gasteiger partial charge in [-0.2, -0.15) is 0 Å². The molecule has 1 amide bonds. The molecule has 5 N–H and O–H groups in total. The average Bonchev–Trinajstić information content (AvgIpc) is 2.42. The molecule has 5 nitrogen and oxygen atoms in total. The van der Waals surface area contributed by atoms with Crippen LogP contribution >= 0.6 is 0 Å². The number of hydrogen-bond donors (Lipinski definition) is 3. The summed E-state index contributed by atoms with van der Waals surface area (Å²) in [5.74, 6) is -0.0926. The van der Waals surface area contributed by atoms with Gasteiger partial charge in [-0.3, -0.25) is 4.79 Å². The van der Waals surface area contributed by atoms with E-state index < -0.39 is 5.54 Å². The summed E-state index contributed by atoms with van der Waals surface area (Å²) in [5.41, 5.74) is 10.9. The predicted octanol–water partition coefficient (Wildman–Crippen LogP) is 1.15. The van der Waals surface area contributed by atoms with Crippen LogP contribution in [0.3, 0.4) is 0 Å². The molecule has 1 aliphatic carbocycles. The van der Waals surface area contributed by atoms with Crippen molar-refractivity contribution in [3.05, 3.63) is 0 Å². The van der Waals surface area contributed by atoms with Gasteiger partial charge >= 0.3 is 0 Å². The lowest BCUT2D eigenvalue weighted by Crippen LogP contribution is -2.76. The van der Waals surface area contributed by atoms with E-state index in [1.54, 1.807) is 0 Å². The Balaban J connectivity index is 2.63. The molecule has 0 saturated heterocycles. The Bertz CT molecular complexity index is 333. The molecule has 3 atom stereocenters. The Morgan fingerprint density at radius 1 is 1.45 bits per heavy atom. The van der Waals surface area contributed by atoms with Crippen molar-refractivity contribution < 1.29 is 9.53 Å². The van der Waals surface area contributed by atoms with Crippen LogP contribution < -0.4 is 16.8 Å². The lowest BCUT2D eigenvalue weighted by atomic mass is 9.54. The number of carbonyl (C=O) groups excluding carboxylic acids is 1. The zero-order valence-electron chi connectivity index (χ0n) is 13.4. The number of nitrogens with two attached hydrogens (primary N) is 2. The number of carbonyl (C=O) groups is 1. The van der Waals surface area contributed by atoms with Gasteiger partial charge in [0, 0.05) is 31.0 Å². The molecule has 118 valence electrons. The second-order valence-electron chi connectivity index (χ2n) is 6.39. The zero-order valence-corrected chi connectivity index (χ0v) is 13.4. The van der Waals surface area contributed by atoms with Crippen LogP contribution in [0.15, 0.2) is 0 Å². The van der Waals surface area contributed by atoms with Gasteiger partial charge in [-0.1, -0.05) is 33.6 Å². The Morgan fingerprint density at radius 2 is 2.10 bits per heavy atom. The molecule has 0 bridgehead atoms. The smallest absolute Gasteiger partial charge is 0.241 e. The molecule has 0 heterocycles. The summed E-state index contributed by atoms with van der Waals surface area (Å²) in [6.45, 7) is 9.19. The lowest BCUT2D eigenvalue weighted by molar-refractivity contribution is -0.171. The third-order valence-electron chi connectivity index (χ3n) is 4.76. The fraction of sp³-hybridized carbons (Fsp3) is 0.933. The fourth-order valence-electron chi connectivity index (χ4n) is 2.83. The van der Waals surface area contributed by atoms with Crippen molar-refractivity contribution in [1.29, 1.82) is 0 Å². The van der Waals surface area contributed by atoms with Gasteiger partial charge in [0.15, 0.2) is 0 Å². The molecule has 0 aromatic carbocycles. The van der Waals surface area contributed by atoms with E-state index in [9.17, 15) is 4.79 Å². The number of amides is 1. The molecule has 1 rings (SSSR count). The fourth-order valence-corrected chi connectivity index (χ4v) is 2.83. The van der Waals surface area contributed by atoms with Crippen molar-refractivity contribution in [3.8, 4) is 0 Å². The molecule has 5 heteroatoms. The number of ether oxygens (including phenoxy) is 1. The van der Waals surface area contributed by atoms with Gasteiger partial charge in [0.05, 0.1) is 6.10 Å². The Hall–Kier alpha value is -0.650. The summed E-state index contributed by atoms with van der Waals surface area (Å²) in [5, 5.41) is 3.02. The standard InChI is InChI=1S/C15H31N3O2/c1-5-7-8-11(10-16)18-13(19)15(17)9-12(20-6-2)14(15,3)4/h11-12H,5-10,16-17H2,1-4H3,(H,18,19). The molecule has 3 unspecified atom stereocenters. The number of unbranched alkanes of at least 4 members (excludes halogenated alkanes) is 1. The molecule has 1 aliphatic rings. The molecule has 0 aromatic rings. The van der Waals surface area contributed by atoms with E-state index in [1.165, 1.54) is 0 Å². The average molecular weight is 285 g/mol. The van der Waals surface area contributed by atoms with Crippen LogP contribution in [-0.4, -0.2) is 36.7 Å². The number of nitrogens with one attached hydrogen (secondary N) is 1. The summed E-state index contributed by atoms with van der Waals surface area (Å²) >= 11 is 0. The van der Waals surface area contributed by atoms with Crippen LogP contribution in [0.25, 0.3) is 0 Å². The maximum atomic E-state index is 12.5. The molecule has 1 fully saturated rings. The second kappa shape index (κ2) is 6.87. The van der Waals surface area contributed by atoms with E-state index in [0.29, 0.717) is 19.6 Å². The molecule has 0 radical (unpaired) electrons. The first kappa shape index (κ1) is 17.4. The van der Waals surface area contributed by atoms with Crippen LogP contribution in [0.5, 0.6) is 0 Å². The minimum Gasteiger partial charge on any atom is -0.378 e. The molecular weight excluding hydrogens is 254 g/mol. The van der Waals surface area contributed by atoms with Crippen LogP contribution in [-0.2, 0) is 9.53 Å². The number of rotatable bonds is 8. The maximum Gasteiger partial charge on any atom is 0.241 e. The Labute approximate surface area is 122 Å². The first-order valence-electron chi connectivity index (χ1n) is 7.75. The third kappa shape index (κ3) is 3.15. The summed E-state index contributed by atoms with van der Waals surface area (Å²) in [6.07, 6.45) is 3.69. The van der Waals surface area contributed by atoms with E-state index in [0.717, 1.165) is 19.3 Å². The molecular formula is C15H31N3O2. The van der Waals surface area contributed by atoms with Crippen LogP contribution in [0.1, 0.15) is 53.4 Å². The number of hydrogen-bond acceptors (Lipinski definition) is 4. The Morgan fingerprint density at radius 3 is 2.55 bits per heavy atom. The van der Waals surface area contributed by atoms with Crippen molar-refractivity contribution >= 4 is 5.91 Å². The van der Waals surface area contributed by atoms with Crippen molar-refractivity contribution in [1.82, 2.24) is 5.32 Å². The molecule has 0 aliphatic heterocycles. The highest BCUT2D eigenvalue weighted by Crippen LogP contribution is 2.49. The minimum atomic E-state index is -0.855. The molecule has 1 saturated carbocycles. The van der Waals surface area contributed by atoms with E-state index >= 15 is 0 Å². The van der Waals surface area contributed by atoms with Gasteiger partial charge in [-0.25, -0.2) is 0 Å². The first-order chi connectivity index (χ1) is 9.33. The highest BCUT2D eigenvalue weighted by atomic mass is 16.5. The van der Waals surface area contributed by atoms with Crippen molar-refractivity contribution in [2.75, 3.05) is 13.2 Å². The summed E-state index contributed by atoms with van der Waals surface area (Å²) in [7, 11) is 0. The second-order valence-corrected chi connectivity index (χ2v) is 6.39. The van der Waals surface area contributed by atoms with Gasteiger partial charge in [0.25, 0.3) is 0 Å². The lowest BCUT2D eigenvalue weighted by Gasteiger charge is -2.57. The van der Waals surface area contributed by atoms with E-state index in [4.69, 9.17) is 16.2 Å². The van der Waals surface area contributed by atoms with Gasteiger partial charge in [-0.15, -0.1) is 0 Å². The van der Waals surface area contributed by atoms with E-state index in [-0.39, 0.29) is 23.5 Å². The van der Waals surface area contributed by atoms with Crippen molar-refractivity contribution in [3.63, 3.8) is 0 Å². The van der Waals surface area contributed by atoms with E-state index in [1.807, 2.05) is 20.8 Å². The molecule has 20 heavy (non-hydrogen) atoms. The monoisotopic (exact) mass is 285 g/mol. The maximum absolute atomic E-state index is 12.5. The predicted molar refractivity (Wildman–Crippen MR) is 81.2 cm³/mol. The quantitative estimate of drug-likeness (QED) is 0.624. The summed E-state index contributed by atoms with van der Waals surface area (Å²) < 4.78 is 5.65. The van der Waals surface area contributed by atoms with Crippen molar-refractivity contribution in [2.45, 2.75) is 71.1 Å². The summed E-state index contributed by atoms with van der Waals surface area (Å²) in [6, 6.07) is 0.0184. The van der Waals surface area contributed by atoms with Crippen LogP contribution in [0, 0.1) is 5.41 Å². The van der Waals surface area contributed by atoms with Crippen molar-refractivity contribution in [2.24, 2.45) is 16.9 Å². The molecule has 0 aromatic heterocycles. The third-order valence-corrected chi connectivity index (χ3v) is 4.76. The minimum absolute atomic E-state index is 0.0184. The highest BCUT2D eigenvalue weighted by molar-refractivity contribution is 5.89. The van der Waals surface area contributed by atoms with Gasteiger partial charge in [-0.05, 0) is 13.3 Å². The topological polar surface area (TPSA) is 90.4 Å². The van der Waals surface area contributed by atoms with Gasteiger partial charge in [0.1, 0.15) is 5.54 Å². The SMILES string of the molecule is CCCCC(CN)NC(=O)C1(N)CC(OCC)C1(C)C. The van der Waals surface area contributed by atoms with Gasteiger partial charge in [0.2, 0.25) is 5.91 Å². The molecule has 0 spiro atoms. The van der Waals surface area contributed by atoms with Crippen LogP contribution in [0.4, 0.5) is 0 Å². The highest BCUT2D eigenvalue weighted by Gasteiger charge is 2.62. The zero-order chi connectivity index (χ0) is 15.4. The van der Waals surface area contributed by atoms with Crippen LogP contribution in [0.2, 0.25) is 0 Å². The Kier molecular flexibility index (Phi) is 5.98. The first-order valence-corrected chi connectivity index (χ1v) is 7.75. The summed E-state index contributed by atoms with van der Waals surface area (Å²) in [4.78, 5) is 12.5. The van der Waals surface area contributed by atoms with Gasteiger partial charge < -0.3 is 21.5 Å². The largest absolute Gasteiger partial charge is 0.378 e.